The standard InChI is InChI=1S/C23H30O/c1-17-5-9-19(10-6-17)23(3,4)20-11-15-22(16-12-20)24-21-13-7-18(2)8-14-21/h5-10,13-14,20,22H,11-12,15-16H2,1-4H3. The fourth-order valence-corrected chi connectivity index (χ4v) is 3.93. The Balaban J connectivity index is 1.59. The van der Waals surface area contributed by atoms with Gasteiger partial charge in [-0.3, -0.25) is 0 Å². The highest BCUT2D eigenvalue weighted by atomic mass is 16.5. The molecule has 0 radical (unpaired) electrons. The zero-order valence-corrected chi connectivity index (χ0v) is 15.5. The number of ether oxygens (including phenoxy) is 1. The summed E-state index contributed by atoms with van der Waals surface area (Å²) in [5.41, 5.74) is 4.33. The molecule has 3 rings (SSSR count). The molecule has 2 aromatic rings. The molecule has 0 amide bonds. The van der Waals surface area contributed by atoms with Gasteiger partial charge in [-0.05, 0) is 68.6 Å². The van der Waals surface area contributed by atoms with Crippen molar-refractivity contribution in [3.63, 3.8) is 0 Å². The molecule has 1 aliphatic rings. The van der Waals surface area contributed by atoms with Gasteiger partial charge in [0.05, 0.1) is 6.10 Å². The Morgan fingerprint density at radius 2 is 1.25 bits per heavy atom. The van der Waals surface area contributed by atoms with Crippen molar-refractivity contribution >= 4 is 0 Å². The van der Waals surface area contributed by atoms with Crippen LogP contribution in [0.5, 0.6) is 5.75 Å². The average Bonchev–Trinajstić information content (AvgIpc) is 2.58. The van der Waals surface area contributed by atoms with Gasteiger partial charge in [0.15, 0.2) is 0 Å². The van der Waals surface area contributed by atoms with E-state index >= 15 is 0 Å². The highest BCUT2D eigenvalue weighted by molar-refractivity contribution is 5.29. The third kappa shape index (κ3) is 3.83. The summed E-state index contributed by atoms with van der Waals surface area (Å²) in [5, 5.41) is 0. The minimum atomic E-state index is 0.239. The SMILES string of the molecule is Cc1ccc(OC2CCC(C(C)(C)c3ccc(C)cc3)CC2)cc1. The Morgan fingerprint density at radius 3 is 1.79 bits per heavy atom. The Bertz CT molecular complexity index is 643. The van der Waals surface area contributed by atoms with Gasteiger partial charge in [-0.25, -0.2) is 0 Å². The van der Waals surface area contributed by atoms with Gasteiger partial charge < -0.3 is 4.74 Å². The van der Waals surface area contributed by atoms with Crippen molar-refractivity contribution in [3.05, 3.63) is 65.2 Å². The van der Waals surface area contributed by atoms with E-state index in [4.69, 9.17) is 4.74 Å². The van der Waals surface area contributed by atoms with Crippen LogP contribution in [0.4, 0.5) is 0 Å². The molecule has 1 fully saturated rings. The van der Waals surface area contributed by atoms with Crippen molar-refractivity contribution < 1.29 is 4.74 Å². The number of benzene rings is 2. The van der Waals surface area contributed by atoms with Crippen LogP contribution in [0.15, 0.2) is 48.5 Å². The molecule has 1 nitrogen and oxygen atoms in total. The van der Waals surface area contributed by atoms with E-state index in [-0.39, 0.29) is 5.41 Å². The summed E-state index contributed by atoms with van der Waals surface area (Å²) in [6.45, 7) is 9.08. The van der Waals surface area contributed by atoms with E-state index in [1.54, 1.807) is 0 Å². The van der Waals surface area contributed by atoms with Gasteiger partial charge in [0.1, 0.15) is 5.75 Å². The highest BCUT2D eigenvalue weighted by Crippen LogP contribution is 2.41. The van der Waals surface area contributed by atoms with Gasteiger partial charge in [-0.1, -0.05) is 61.4 Å². The topological polar surface area (TPSA) is 9.23 Å². The lowest BCUT2D eigenvalue weighted by Gasteiger charge is -2.39. The van der Waals surface area contributed by atoms with E-state index in [0.717, 1.165) is 24.5 Å². The molecule has 128 valence electrons. The third-order valence-corrected chi connectivity index (χ3v) is 5.81. The Hall–Kier alpha value is -1.76. The van der Waals surface area contributed by atoms with E-state index in [2.05, 4.69) is 76.2 Å². The quantitative estimate of drug-likeness (QED) is 0.649. The van der Waals surface area contributed by atoms with E-state index in [0.29, 0.717) is 6.10 Å². The summed E-state index contributed by atoms with van der Waals surface area (Å²) < 4.78 is 6.19. The lowest BCUT2D eigenvalue weighted by Crippen LogP contribution is -2.34. The minimum Gasteiger partial charge on any atom is -0.490 e. The molecule has 1 saturated carbocycles. The van der Waals surface area contributed by atoms with Crippen LogP contribution >= 0.6 is 0 Å². The van der Waals surface area contributed by atoms with E-state index in [1.165, 1.54) is 29.5 Å². The molecule has 0 N–H and O–H groups in total. The molecule has 2 aromatic carbocycles. The maximum Gasteiger partial charge on any atom is 0.119 e. The Kier molecular flexibility index (Phi) is 4.99. The summed E-state index contributed by atoms with van der Waals surface area (Å²) in [4.78, 5) is 0. The van der Waals surface area contributed by atoms with Crippen molar-refractivity contribution in [2.45, 2.75) is 64.9 Å². The van der Waals surface area contributed by atoms with Gasteiger partial charge in [-0.2, -0.15) is 0 Å². The number of hydrogen-bond donors (Lipinski definition) is 0. The second kappa shape index (κ2) is 7.01. The van der Waals surface area contributed by atoms with Crippen LogP contribution in [0.3, 0.4) is 0 Å². The molecule has 1 aliphatic carbocycles. The summed E-state index contributed by atoms with van der Waals surface area (Å²) >= 11 is 0. The van der Waals surface area contributed by atoms with Crippen LogP contribution in [-0.2, 0) is 5.41 Å². The van der Waals surface area contributed by atoms with Crippen LogP contribution in [0.1, 0.15) is 56.2 Å². The van der Waals surface area contributed by atoms with Crippen molar-refractivity contribution in [2.24, 2.45) is 5.92 Å². The summed E-state index contributed by atoms with van der Waals surface area (Å²) in [6.07, 6.45) is 5.19. The van der Waals surface area contributed by atoms with Crippen molar-refractivity contribution in [1.82, 2.24) is 0 Å². The third-order valence-electron chi connectivity index (χ3n) is 5.81. The second-order valence-corrected chi connectivity index (χ2v) is 7.99. The molecule has 0 heterocycles. The monoisotopic (exact) mass is 322 g/mol. The van der Waals surface area contributed by atoms with E-state index in [1.807, 2.05) is 0 Å². The predicted octanol–water partition coefficient (Wildman–Crippen LogP) is 6.22. The van der Waals surface area contributed by atoms with Crippen molar-refractivity contribution in [2.75, 3.05) is 0 Å². The summed E-state index contributed by atoms with van der Waals surface area (Å²) in [7, 11) is 0. The zero-order chi connectivity index (χ0) is 17.2. The highest BCUT2D eigenvalue weighted by Gasteiger charge is 2.34. The first kappa shape index (κ1) is 17.1. The lowest BCUT2D eigenvalue weighted by atomic mass is 9.67. The van der Waals surface area contributed by atoms with Gasteiger partial charge in [-0.15, -0.1) is 0 Å². The molecule has 1 heteroatoms. The van der Waals surface area contributed by atoms with Crippen molar-refractivity contribution in [1.29, 1.82) is 0 Å². The largest absolute Gasteiger partial charge is 0.490 e. The zero-order valence-electron chi connectivity index (χ0n) is 15.5. The lowest BCUT2D eigenvalue weighted by molar-refractivity contribution is 0.107. The first-order valence-electron chi connectivity index (χ1n) is 9.25. The van der Waals surface area contributed by atoms with Crippen LogP contribution in [-0.4, -0.2) is 6.10 Å². The molecule has 0 unspecified atom stereocenters. The molecule has 0 bridgehead atoms. The molecule has 24 heavy (non-hydrogen) atoms. The van der Waals surface area contributed by atoms with E-state index < -0.39 is 0 Å². The second-order valence-electron chi connectivity index (χ2n) is 7.99. The minimum absolute atomic E-state index is 0.239. The van der Waals surface area contributed by atoms with E-state index in [9.17, 15) is 0 Å². The Labute approximate surface area is 147 Å². The number of aryl methyl sites for hydroxylation is 2. The normalized spacial score (nSPS) is 21.5. The summed E-state index contributed by atoms with van der Waals surface area (Å²) in [5.74, 6) is 1.75. The van der Waals surface area contributed by atoms with Crippen LogP contribution in [0.2, 0.25) is 0 Å². The molecule has 0 atom stereocenters. The molecule has 0 saturated heterocycles. The molecule has 0 aromatic heterocycles. The Morgan fingerprint density at radius 1 is 0.750 bits per heavy atom. The molecular weight excluding hydrogens is 292 g/mol. The van der Waals surface area contributed by atoms with Gasteiger partial charge in [0.25, 0.3) is 0 Å². The molecule has 0 spiro atoms. The van der Waals surface area contributed by atoms with Crippen LogP contribution in [0, 0.1) is 19.8 Å². The van der Waals surface area contributed by atoms with Gasteiger partial charge >= 0.3 is 0 Å². The fourth-order valence-electron chi connectivity index (χ4n) is 3.93. The fraction of sp³-hybridized carbons (Fsp3) is 0.478. The van der Waals surface area contributed by atoms with Crippen molar-refractivity contribution in [3.8, 4) is 5.75 Å². The smallest absolute Gasteiger partial charge is 0.119 e. The first-order chi connectivity index (χ1) is 11.4. The first-order valence-corrected chi connectivity index (χ1v) is 9.25. The van der Waals surface area contributed by atoms with Crippen LogP contribution in [0.25, 0.3) is 0 Å². The maximum atomic E-state index is 6.19. The number of hydrogen-bond acceptors (Lipinski definition) is 1. The van der Waals surface area contributed by atoms with Crippen LogP contribution < -0.4 is 4.74 Å². The molecular formula is C23H30O. The average molecular weight is 322 g/mol. The van der Waals surface area contributed by atoms with Gasteiger partial charge in [0.2, 0.25) is 0 Å². The summed E-state index contributed by atoms with van der Waals surface area (Å²) in [6, 6.07) is 17.5. The number of rotatable bonds is 4. The molecule has 0 aliphatic heterocycles. The maximum absolute atomic E-state index is 6.19. The predicted molar refractivity (Wildman–Crippen MR) is 102 cm³/mol. The van der Waals surface area contributed by atoms with Gasteiger partial charge in [0, 0.05) is 0 Å².